The van der Waals surface area contributed by atoms with Crippen LogP contribution in [0, 0.1) is 0 Å². The molecule has 0 unspecified atom stereocenters. The van der Waals surface area contributed by atoms with Crippen molar-refractivity contribution in [3.05, 3.63) is 48.0 Å². The van der Waals surface area contributed by atoms with E-state index in [1.54, 1.807) is 0 Å². The van der Waals surface area contributed by atoms with E-state index < -0.39 is 0 Å². The van der Waals surface area contributed by atoms with Gasteiger partial charge in [0.15, 0.2) is 0 Å². The predicted octanol–water partition coefficient (Wildman–Crippen LogP) is 3.45. The van der Waals surface area contributed by atoms with Gasteiger partial charge >= 0.3 is 0 Å². The number of aryl methyl sites for hydroxylation is 1. The molecule has 0 saturated heterocycles. The Hall–Kier alpha value is -1.34. The summed E-state index contributed by atoms with van der Waals surface area (Å²) >= 11 is 0. The number of hydrogen-bond donors (Lipinski definition) is 0. The average molecular weight is 198 g/mol. The fourth-order valence-corrected chi connectivity index (χ4v) is 1.85. The quantitative estimate of drug-likeness (QED) is 0.672. The van der Waals surface area contributed by atoms with Gasteiger partial charge in [0, 0.05) is 6.54 Å². The van der Waals surface area contributed by atoms with Crippen LogP contribution in [0.15, 0.2) is 42.5 Å². The molecule has 2 rings (SSSR count). The van der Waals surface area contributed by atoms with Crippen LogP contribution < -0.4 is 5.73 Å². The van der Waals surface area contributed by atoms with Crippen molar-refractivity contribution >= 4 is 10.8 Å². The molecule has 0 amide bonds. The Morgan fingerprint density at radius 1 is 0.867 bits per heavy atom. The monoisotopic (exact) mass is 198 g/mol. The van der Waals surface area contributed by atoms with Gasteiger partial charge in [-0.1, -0.05) is 42.5 Å². The van der Waals surface area contributed by atoms with Crippen LogP contribution in [-0.4, -0.2) is 6.54 Å². The third-order valence-electron chi connectivity index (χ3n) is 2.71. The highest BCUT2D eigenvalue weighted by atomic mass is 14.5. The Morgan fingerprint density at radius 2 is 1.67 bits per heavy atom. The van der Waals surface area contributed by atoms with E-state index in [4.69, 9.17) is 5.73 Å². The fraction of sp³-hybridized carbons (Fsp3) is 0.286. The molecule has 0 bridgehead atoms. The van der Waals surface area contributed by atoms with Crippen molar-refractivity contribution in [1.82, 2.24) is 5.73 Å². The van der Waals surface area contributed by atoms with Crippen LogP contribution in [0.3, 0.4) is 0 Å². The number of rotatable bonds is 4. The van der Waals surface area contributed by atoms with Crippen molar-refractivity contribution in [2.45, 2.75) is 19.3 Å². The Balaban J connectivity index is 2.16. The lowest BCUT2D eigenvalue weighted by Gasteiger charge is -2.03. The molecule has 1 radical (unpaired) electrons. The number of benzene rings is 2. The van der Waals surface area contributed by atoms with E-state index in [9.17, 15) is 0 Å². The second kappa shape index (κ2) is 4.94. The minimum atomic E-state index is 0.549. The van der Waals surface area contributed by atoms with Crippen molar-refractivity contribution in [2.24, 2.45) is 0 Å². The number of unbranched alkanes of at least 4 members (excludes halogenated alkanes) is 1. The first-order chi connectivity index (χ1) is 7.40. The third kappa shape index (κ3) is 2.57. The van der Waals surface area contributed by atoms with Crippen LogP contribution in [0.4, 0.5) is 0 Å². The normalized spacial score (nSPS) is 10.7. The minimum absolute atomic E-state index is 0.549. The first-order valence-corrected chi connectivity index (χ1v) is 5.52. The van der Waals surface area contributed by atoms with Crippen LogP contribution >= 0.6 is 0 Å². The minimum Gasteiger partial charge on any atom is -0.258 e. The van der Waals surface area contributed by atoms with Gasteiger partial charge in [0.1, 0.15) is 0 Å². The van der Waals surface area contributed by atoms with Crippen molar-refractivity contribution in [2.75, 3.05) is 6.54 Å². The van der Waals surface area contributed by atoms with Gasteiger partial charge < -0.3 is 0 Å². The Bertz CT molecular complexity index is 434. The van der Waals surface area contributed by atoms with E-state index in [2.05, 4.69) is 42.5 Å². The zero-order chi connectivity index (χ0) is 10.5. The standard InChI is InChI=1S/C14H16N/c15-10-4-3-5-12-8-9-13-6-1-2-7-14(13)11-12/h1-2,6-9,11,15H,3-5,10H2. The first kappa shape index (κ1) is 10.2. The van der Waals surface area contributed by atoms with Crippen molar-refractivity contribution in [3.8, 4) is 0 Å². The zero-order valence-electron chi connectivity index (χ0n) is 8.87. The van der Waals surface area contributed by atoms with E-state index in [-0.39, 0.29) is 0 Å². The number of hydrogen-bond acceptors (Lipinski definition) is 0. The molecular formula is C14H16N. The molecule has 1 N–H and O–H groups in total. The molecule has 15 heavy (non-hydrogen) atoms. The molecule has 2 aromatic carbocycles. The summed E-state index contributed by atoms with van der Waals surface area (Å²) in [6, 6.07) is 15.1. The topological polar surface area (TPSA) is 23.8 Å². The van der Waals surface area contributed by atoms with Crippen molar-refractivity contribution < 1.29 is 0 Å². The van der Waals surface area contributed by atoms with Crippen LogP contribution in [0.5, 0.6) is 0 Å². The number of nitrogens with one attached hydrogen (secondary N) is 1. The van der Waals surface area contributed by atoms with E-state index >= 15 is 0 Å². The maximum absolute atomic E-state index is 7.10. The molecule has 0 heterocycles. The van der Waals surface area contributed by atoms with E-state index in [0.717, 1.165) is 19.3 Å². The molecule has 0 aliphatic rings. The molecule has 1 heteroatoms. The lowest BCUT2D eigenvalue weighted by molar-refractivity contribution is 0.736. The van der Waals surface area contributed by atoms with Gasteiger partial charge in [-0.2, -0.15) is 0 Å². The molecule has 0 aromatic heterocycles. The highest BCUT2D eigenvalue weighted by Gasteiger charge is 1.95. The molecule has 0 spiro atoms. The van der Waals surface area contributed by atoms with Crippen LogP contribution in [0.2, 0.25) is 0 Å². The first-order valence-electron chi connectivity index (χ1n) is 5.52. The smallest absolute Gasteiger partial charge is 0.00999 e. The van der Waals surface area contributed by atoms with E-state index in [1.807, 2.05) is 0 Å². The summed E-state index contributed by atoms with van der Waals surface area (Å²) in [6.45, 7) is 0.549. The SMILES string of the molecule is [NH]CCCCc1ccc2ccccc2c1. The van der Waals surface area contributed by atoms with Gasteiger partial charge in [-0.3, -0.25) is 5.73 Å². The lowest BCUT2D eigenvalue weighted by Crippen LogP contribution is -1.89. The predicted molar refractivity (Wildman–Crippen MR) is 64.8 cm³/mol. The molecule has 0 fully saturated rings. The fourth-order valence-electron chi connectivity index (χ4n) is 1.85. The largest absolute Gasteiger partial charge is 0.258 e. The molecule has 0 aliphatic heterocycles. The summed E-state index contributed by atoms with van der Waals surface area (Å²) in [5, 5.41) is 2.63. The zero-order valence-corrected chi connectivity index (χ0v) is 8.87. The Morgan fingerprint density at radius 3 is 2.47 bits per heavy atom. The van der Waals surface area contributed by atoms with Gasteiger partial charge in [-0.25, -0.2) is 0 Å². The maximum Gasteiger partial charge on any atom is 0.00999 e. The second-order valence-corrected chi connectivity index (χ2v) is 3.89. The average Bonchev–Trinajstić information content (AvgIpc) is 2.29. The summed E-state index contributed by atoms with van der Waals surface area (Å²) < 4.78 is 0. The third-order valence-corrected chi connectivity index (χ3v) is 2.71. The van der Waals surface area contributed by atoms with E-state index in [1.165, 1.54) is 16.3 Å². The summed E-state index contributed by atoms with van der Waals surface area (Å²) in [4.78, 5) is 0. The molecule has 2 aromatic rings. The van der Waals surface area contributed by atoms with Gasteiger partial charge in [-0.15, -0.1) is 0 Å². The molecule has 77 valence electrons. The van der Waals surface area contributed by atoms with Gasteiger partial charge in [-0.05, 0) is 35.6 Å². The molecular weight excluding hydrogens is 182 g/mol. The summed E-state index contributed by atoms with van der Waals surface area (Å²) in [5.41, 5.74) is 8.49. The molecule has 0 saturated carbocycles. The van der Waals surface area contributed by atoms with Crippen molar-refractivity contribution in [3.63, 3.8) is 0 Å². The highest BCUT2D eigenvalue weighted by molar-refractivity contribution is 5.82. The number of fused-ring (bicyclic) bond motifs is 1. The summed E-state index contributed by atoms with van der Waals surface area (Å²) in [7, 11) is 0. The van der Waals surface area contributed by atoms with Crippen molar-refractivity contribution in [1.29, 1.82) is 0 Å². The van der Waals surface area contributed by atoms with E-state index in [0.29, 0.717) is 6.54 Å². The summed E-state index contributed by atoms with van der Waals surface area (Å²) in [6.07, 6.45) is 3.23. The van der Waals surface area contributed by atoms with Crippen LogP contribution in [-0.2, 0) is 6.42 Å². The molecule has 1 nitrogen and oxygen atoms in total. The van der Waals surface area contributed by atoms with Crippen LogP contribution in [0.1, 0.15) is 18.4 Å². The lowest BCUT2D eigenvalue weighted by atomic mass is 10.0. The second-order valence-electron chi connectivity index (χ2n) is 3.89. The Labute approximate surface area is 90.9 Å². The van der Waals surface area contributed by atoms with Gasteiger partial charge in [0.2, 0.25) is 0 Å². The molecule has 0 aliphatic carbocycles. The Kier molecular flexibility index (Phi) is 3.36. The highest BCUT2D eigenvalue weighted by Crippen LogP contribution is 2.16. The maximum atomic E-state index is 7.10. The van der Waals surface area contributed by atoms with Crippen LogP contribution in [0.25, 0.3) is 10.8 Å². The summed E-state index contributed by atoms with van der Waals surface area (Å²) in [5.74, 6) is 0. The van der Waals surface area contributed by atoms with Gasteiger partial charge in [0.25, 0.3) is 0 Å². The molecule has 0 atom stereocenters. The van der Waals surface area contributed by atoms with Gasteiger partial charge in [0.05, 0.1) is 0 Å².